The summed E-state index contributed by atoms with van der Waals surface area (Å²) < 4.78 is 7.36. The molecule has 136 valence electrons. The second kappa shape index (κ2) is 6.77. The molecule has 1 aromatic carbocycles. The van der Waals surface area contributed by atoms with Gasteiger partial charge in [0, 0.05) is 11.2 Å². The number of aromatic nitrogens is 3. The summed E-state index contributed by atoms with van der Waals surface area (Å²) in [4.78, 5) is 8.07. The maximum Gasteiger partial charge on any atom is 0.164 e. The van der Waals surface area contributed by atoms with Gasteiger partial charge < -0.3 is 24.6 Å². The number of ether oxygens (including phenoxy) is 1. The van der Waals surface area contributed by atoms with E-state index in [0.29, 0.717) is 21.6 Å². The summed E-state index contributed by atoms with van der Waals surface area (Å²) in [6.07, 6.45) is -2.69. The lowest BCUT2D eigenvalue weighted by molar-refractivity contribution is -0.0848. The molecule has 4 rings (SSSR count). The van der Waals surface area contributed by atoms with E-state index in [-0.39, 0.29) is 5.15 Å². The zero-order valence-corrected chi connectivity index (χ0v) is 14.8. The van der Waals surface area contributed by atoms with Gasteiger partial charge in [0.25, 0.3) is 0 Å². The van der Waals surface area contributed by atoms with E-state index < -0.39 is 30.6 Å². The van der Waals surface area contributed by atoms with Crippen LogP contribution in [0.5, 0.6) is 0 Å². The molecule has 9 heteroatoms. The molecule has 0 aliphatic carbocycles. The van der Waals surface area contributed by atoms with Gasteiger partial charge in [0.1, 0.15) is 41.5 Å². The van der Waals surface area contributed by atoms with Crippen molar-refractivity contribution in [3.05, 3.63) is 58.6 Å². The molecule has 0 amide bonds. The SMILES string of the molecule is O[C@@H]1[C@H](O)[C@H]([C@H](O)c2ccc(Cl)cc2)O[C@H]1n1ccc2c(Cl)ncnc21. The van der Waals surface area contributed by atoms with Crippen LogP contribution in [0.25, 0.3) is 11.0 Å². The van der Waals surface area contributed by atoms with Crippen molar-refractivity contribution in [3.63, 3.8) is 0 Å². The minimum Gasteiger partial charge on any atom is -0.387 e. The molecule has 2 aromatic heterocycles. The summed E-state index contributed by atoms with van der Waals surface area (Å²) in [5.41, 5.74) is 0.983. The average molecular weight is 396 g/mol. The lowest BCUT2D eigenvalue weighted by Gasteiger charge is -2.21. The molecule has 3 N–H and O–H groups in total. The molecule has 26 heavy (non-hydrogen) atoms. The first-order valence-corrected chi connectivity index (χ1v) is 8.65. The molecule has 0 bridgehead atoms. The minimum atomic E-state index is -1.29. The molecule has 1 aliphatic rings. The van der Waals surface area contributed by atoms with Crippen molar-refractivity contribution in [2.24, 2.45) is 0 Å². The lowest BCUT2D eigenvalue weighted by atomic mass is 9.99. The zero-order valence-electron chi connectivity index (χ0n) is 13.3. The summed E-state index contributed by atoms with van der Waals surface area (Å²) in [5.74, 6) is 0. The van der Waals surface area contributed by atoms with E-state index in [1.54, 1.807) is 41.1 Å². The fourth-order valence-corrected chi connectivity index (χ4v) is 3.49. The van der Waals surface area contributed by atoms with Crippen LogP contribution in [-0.2, 0) is 4.74 Å². The Morgan fingerprint density at radius 3 is 2.50 bits per heavy atom. The first kappa shape index (κ1) is 17.7. The van der Waals surface area contributed by atoms with Gasteiger partial charge in [-0.3, -0.25) is 0 Å². The van der Waals surface area contributed by atoms with Crippen molar-refractivity contribution < 1.29 is 20.1 Å². The molecular weight excluding hydrogens is 381 g/mol. The Bertz CT molecular complexity index is 933. The van der Waals surface area contributed by atoms with Gasteiger partial charge in [-0.25, -0.2) is 9.97 Å². The number of aliphatic hydroxyl groups is 3. The quantitative estimate of drug-likeness (QED) is 0.587. The van der Waals surface area contributed by atoms with Gasteiger partial charge >= 0.3 is 0 Å². The first-order valence-electron chi connectivity index (χ1n) is 7.89. The van der Waals surface area contributed by atoms with Crippen LogP contribution in [0, 0.1) is 0 Å². The summed E-state index contributed by atoms with van der Waals surface area (Å²) >= 11 is 11.9. The molecule has 1 saturated heterocycles. The Hall–Kier alpha value is -1.74. The Kier molecular flexibility index (Phi) is 4.60. The molecule has 7 nitrogen and oxygen atoms in total. The van der Waals surface area contributed by atoms with Crippen molar-refractivity contribution in [1.82, 2.24) is 14.5 Å². The van der Waals surface area contributed by atoms with Gasteiger partial charge in [-0.15, -0.1) is 0 Å². The third-order valence-electron chi connectivity index (χ3n) is 4.53. The van der Waals surface area contributed by atoms with E-state index in [1.165, 1.54) is 6.33 Å². The Morgan fingerprint density at radius 1 is 1.04 bits per heavy atom. The summed E-state index contributed by atoms with van der Waals surface area (Å²) in [7, 11) is 0. The van der Waals surface area contributed by atoms with E-state index in [4.69, 9.17) is 27.9 Å². The maximum atomic E-state index is 10.6. The van der Waals surface area contributed by atoms with Crippen molar-refractivity contribution in [2.45, 2.75) is 30.6 Å². The van der Waals surface area contributed by atoms with Crippen LogP contribution in [0.1, 0.15) is 17.9 Å². The molecule has 0 unspecified atom stereocenters. The van der Waals surface area contributed by atoms with Crippen LogP contribution in [-0.4, -0.2) is 48.2 Å². The van der Waals surface area contributed by atoms with Gasteiger partial charge in [-0.2, -0.15) is 0 Å². The molecule has 0 saturated carbocycles. The Morgan fingerprint density at radius 2 is 1.77 bits per heavy atom. The van der Waals surface area contributed by atoms with Crippen LogP contribution < -0.4 is 0 Å². The third-order valence-corrected chi connectivity index (χ3v) is 5.09. The van der Waals surface area contributed by atoms with Gasteiger partial charge in [0.05, 0.1) is 5.39 Å². The second-order valence-electron chi connectivity index (χ2n) is 6.09. The number of aliphatic hydroxyl groups excluding tert-OH is 3. The van der Waals surface area contributed by atoms with E-state index in [2.05, 4.69) is 9.97 Å². The molecule has 1 aliphatic heterocycles. The summed E-state index contributed by atoms with van der Waals surface area (Å²) in [6.45, 7) is 0. The van der Waals surface area contributed by atoms with Crippen molar-refractivity contribution in [1.29, 1.82) is 0 Å². The van der Waals surface area contributed by atoms with Gasteiger partial charge in [0.2, 0.25) is 0 Å². The second-order valence-corrected chi connectivity index (χ2v) is 6.89. The zero-order chi connectivity index (χ0) is 18.4. The topological polar surface area (TPSA) is 101 Å². The van der Waals surface area contributed by atoms with E-state index in [9.17, 15) is 15.3 Å². The molecule has 0 spiro atoms. The highest BCUT2D eigenvalue weighted by molar-refractivity contribution is 6.33. The number of rotatable bonds is 3. The fraction of sp³-hybridized carbons (Fsp3) is 0.294. The van der Waals surface area contributed by atoms with Gasteiger partial charge in [-0.05, 0) is 23.8 Å². The Labute approximate surface area is 158 Å². The number of halogens is 2. The predicted molar refractivity (Wildman–Crippen MR) is 94.9 cm³/mol. The fourth-order valence-electron chi connectivity index (χ4n) is 3.17. The van der Waals surface area contributed by atoms with E-state index >= 15 is 0 Å². The molecule has 3 heterocycles. The van der Waals surface area contributed by atoms with Crippen LogP contribution in [0.3, 0.4) is 0 Å². The molecule has 0 radical (unpaired) electrons. The lowest BCUT2D eigenvalue weighted by Crippen LogP contribution is -2.34. The maximum absolute atomic E-state index is 10.6. The van der Waals surface area contributed by atoms with Crippen LogP contribution in [0.4, 0.5) is 0 Å². The first-order chi connectivity index (χ1) is 12.5. The average Bonchev–Trinajstić information content (AvgIpc) is 3.18. The van der Waals surface area contributed by atoms with Gasteiger partial charge in [0.15, 0.2) is 6.23 Å². The minimum absolute atomic E-state index is 0.277. The molecule has 3 aromatic rings. The molecular formula is C17H15Cl2N3O4. The number of nitrogens with zero attached hydrogens (tertiary/aromatic N) is 3. The Balaban J connectivity index is 1.65. The summed E-state index contributed by atoms with van der Waals surface area (Å²) in [5, 5.41) is 32.9. The largest absolute Gasteiger partial charge is 0.387 e. The summed E-state index contributed by atoms with van der Waals surface area (Å²) in [6, 6.07) is 8.24. The van der Waals surface area contributed by atoms with Crippen molar-refractivity contribution in [2.75, 3.05) is 0 Å². The number of hydrogen-bond acceptors (Lipinski definition) is 6. The standard InChI is InChI=1S/C17H15Cl2N3O4/c18-9-3-1-8(2-4-9)11(23)14-12(24)13(25)17(26-14)22-6-5-10-15(19)20-7-21-16(10)22/h1-7,11-14,17,23-25H/t11-,12+,13-,14+,17-/m1/s1. The normalized spacial score (nSPS) is 27.1. The van der Waals surface area contributed by atoms with Crippen LogP contribution in [0.15, 0.2) is 42.9 Å². The van der Waals surface area contributed by atoms with Gasteiger partial charge in [-0.1, -0.05) is 35.3 Å². The van der Waals surface area contributed by atoms with Crippen LogP contribution in [0.2, 0.25) is 10.2 Å². The van der Waals surface area contributed by atoms with E-state index in [1.807, 2.05) is 0 Å². The highest BCUT2D eigenvalue weighted by atomic mass is 35.5. The number of fused-ring (bicyclic) bond motifs is 1. The van der Waals surface area contributed by atoms with Crippen molar-refractivity contribution >= 4 is 34.2 Å². The number of benzene rings is 1. The van der Waals surface area contributed by atoms with Crippen LogP contribution >= 0.6 is 23.2 Å². The number of hydrogen-bond donors (Lipinski definition) is 3. The smallest absolute Gasteiger partial charge is 0.164 e. The monoisotopic (exact) mass is 395 g/mol. The third kappa shape index (κ3) is 2.87. The predicted octanol–water partition coefficient (Wildman–Crippen LogP) is 2.09. The highest BCUT2D eigenvalue weighted by Gasteiger charge is 2.47. The van der Waals surface area contributed by atoms with E-state index in [0.717, 1.165) is 0 Å². The highest BCUT2D eigenvalue weighted by Crippen LogP contribution is 2.38. The molecule has 1 fully saturated rings. The van der Waals surface area contributed by atoms with Crippen molar-refractivity contribution in [3.8, 4) is 0 Å². The molecule has 5 atom stereocenters.